The van der Waals surface area contributed by atoms with Crippen LogP contribution in [0.4, 0.5) is 0 Å². The van der Waals surface area contributed by atoms with Gasteiger partial charge in [-0.05, 0) is 48.7 Å². The summed E-state index contributed by atoms with van der Waals surface area (Å²) in [5, 5.41) is 0. The largest absolute Gasteiger partial charge is 0.497 e. The van der Waals surface area contributed by atoms with Crippen LogP contribution in [0.3, 0.4) is 0 Å². The maximum Gasteiger partial charge on any atom is 0.261 e. The summed E-state index contributed by atoms with van der Waals surface area (Å²) >= 11 is 3.40. The van der Waals surface area contributed by atoms with Gasteiger partial charge >= 0.3 is 0 Å². The lowest BCUT2D eigenvalue weighted by Gasteiger charge is -2.25. The van der Waals surface area contributed by atoms with Crippen molar-refractivity contribution in [1.82, 2.24) is 4.90 Å². The summed E-state index contributed by atoms with van der Waals surface area (Å²) in [6.07, 6.45) is 1.99. The van der Waals surface area contributed by atoms with Crippen LogP contribution in [0.1, 0.15) is 24.4 Å². The molecule has 2 aromatic rings. The number of hydrogen-bond donors (Lipinski definition) is 0. The second kappa shape index (κ2) is 7.71. The van der Waals surface area contributed by atoms with E-state index in [1.807, 2.05) is 53.4 Å². The fraction of sp³-hybridized carbons (Fsp3) is 0.316. The Morgan fingerprint density at radius 3 is 2.71 bits per heavy atom. The Hall–Kier alpha value is -2.01. The molecule has 0 aliphatic carbocycles. The smallest absolute Gasteiger partial charge is 0.261 e. The Morgan fingerprint density at radius 1 is 1.21 bits per heavy atom. The number of amides is 1. The maximum absolute atomic E-state index is 12.6. The molecule has 0 bridgehead atoms. The molecular formula is C19H20BrNO3. The third-order valence-electron chi connectivity index (χ3n) is 4.23. The maximum atomic E-state index is 12.6. The van der Waals surface area contributed by atoms with E-state index in [0.717, 1.165) is 35.2 Å². The van der Waals surface area contributed by atoms with E-state index in [1.165, 1.54) is 0 Å². The molecule has 0 aromatic heterocycles. The van der Waals surface area contributed by atoms with Crippen LogP contribution >= 0.6 is 15.9 Å². The van der Waals surface area contributed by atoms with Gasteiger partial charge in [-0.15, -0.1) is 0 Å². The number of nitrogens with zero attached hydrogens (tertiary/aromatic N) is 1. The Kier molecular flexibility index (Phi) is 5.41. The summed E-state index contributed by atoms with van der Waals surface area (Å²) in [5.41, 5.74) is 1.14. The second-order valence-electron chi connectivity index (χ2n) is 5.76. The molecule has 0 unspecified atom stereocenters. The van der Waals surface area contributed by atoms with Crippen LogP contribution in [-0.4, -0.2) is 31.1 Å². The molecule has 126 valence electrons. The van der Waals surface area contributed by atoms with Gasteiger partial charge in [-0.2, -0.15) is 0 Å². The molecule has 0 N–H and O–H groups in total. The number of carbonyl (C=O) groups excluding carboxylic acids is 1. The van der Waals surface area contributed by atoms with Gasteiger partial charge in [0.2, 0.25) is 0 Å². The molecule has 3 rings (SSSR count). The van der Waals surface area contributed by atoms with E-state index < -0.39 is 0 Å². The highest BCUT2D eigenvalue weighted by Gasteiger charge is 2.30. The molecule has 1 atom stereocenters. The molecule has 1 fully saturated rings. The van der Waals surface area contributed by atoms with Crippen molar-refractivity contribution in [2.24, 2.45) is 0 Å². The lowest BCUT2D eigenvalue weighted by Crippen LogP contribution is -2.34. The zero-order valence-electron chi connectivity index (χ0n) is 13.6. The van der Waals surface area contributed by atoms with Gasteiger partial charge in [-0.1, -0.05) is 34.1 Å². The van der Waals surface area contributed by atoms with E-state index in [1.54, 1.807) is 7.11 Å². The lowest BCUT2D eigenvalue weighted by molar-refractivity contribution is -0.134. The van der Waals surface area contributed by atoms with Gasteiger partial charge < -0.3 is 14.4 Å². The minimum Gasteiger partial charge on any atom is -0.497 e. The number of ether oxygens (including phenoxy) is 2. The Bertz CT molecular complexity index is 702. The highest BCUT2D eigenvalue weighted by atomic mass is 79.9. The highest BCUT2D eigenvalue weighted by molar-refractivity contribution is 9.10. The second-order valence-corrected chi connectivity index (χ2v) is 6.68. The van der Waals surface area contributed by atoms with E-state index in [2.05, 4.69) is 15.9 Å². The predicted molar refractivity (Wildman–Crippen MR) is 96.3 cm³/mol. The number of carbonyl (C=O) groups is 1. The quantitative estimate of drug-likeness (QED) is 0.768. The molecule has 0 saturated carbocycles. The third-order valence-corrected chi connectivity index (χ3v) is 4.73. The molecule has 1 aliphatic heterocycles. The average Bonchev–Trinajstić information content (AvgIpc) is 3.09. The van der Waals surface area contributed by atoms with Crippen molar-refractivity contribution in [3.05, 3.63) is 58.6 Å². The van der Waals surface area contributed by atoms with Crippen LogP contribution < -0.4 is 9.47 Å². The van der Waals surface area contributed by atoms with E-state index in [9.17, 15) is 4.79 Å². The van der Waals surface area contributed by atoms with E-state index in [0.29, 0.717) is 5.75 Å². The number of halogens is 1. The van der Waals surface area contributed by atoms with Crippen molar-refractivity contribution in [1.29, 1.82) is 0 Å². The molecule has 2 aromatic carbocycles. The summed E-state index contributed by atoms with van der Waals surface area (Å²) in [7, 11) is 1.65. The SMILES string of the molecule is COc1ccc([C@@H]2CCCN2C(=O)COc2cccc(Br)c2)cc1. The molecular weight excluding hydrogens is 370 g/mol. The van der Waals surface area contributed by atoms with Crippen molar-refractivity contribution >= 4 is 21.8 Å². The van der Waals surface area contributed by atoms with Gasteiger partial charge in [0.05, 0.1) is 13.2 Å². The van der Waals surface area contributed by atoms with Crippen molar-refractivity contribution in [3.63, 3.8) is 0 Å². The normalized spacial score (nSPS) is 16.9. The Labute approximate surface area is 150 Å². The monoisotopic (exact) mass is 389 g/mol. The molecule has 0 spiro atoms. The summed E-state index contributed by atoms with van der Waals surface area (Å²) < 4.78 is 11.8. The first-order valence-corrected chi connectivity index (χ1v) is 8.78. The van der Waals surface area contributed by atoms with Gasteiger partial charge in [-0.3, -0.25) is 4.79 Å². The van der Waals surface area contributed by atoms with Crippen molar-refractivity contribution in [3.8, 4) is 11.5 Å². The molecule has 0 radical (unpaired) electrons. The van der Waals surface area contributed by atoms with Crippen LogP contribution in [0.15, 0.2) is 53.0 Å². The predicted octanol–water partition coefficient (Wildman–Crippen LogP) is 4.20. The molecule has 1 aliphatic rings. The zero-order valence-corrected chi connectivity index (χ0v) is 15.2. The topological polar surface area (TPSA) is 38.8 Å². The van der Waals surface area contributed by atoms with Gasteiger partial charge in [0.15, 0.2) is 6.61 Å². The van der Waals surface area contributed by atoms with Crippen molar-refractivity contribution in [2.45, 2.75) is 18.9 Å². The molecule has 1 saturated heterocycles. The summed E-state index contributed by atoms with van der Waals surface area (Å²) in [5.74, 6) is 1.54. The number of hydrogen-bond acceptors (Lipinski definition) is 3. The van der Waals surface area contributed by atoms with Crippen molar-refractivity contribution < 1.29 is 14.3 Å². The Morgan fingerprint density at radius 2 is 2.00 bits per heavy atom. The summed E-state index contributed by atoms with van der Waals surface area (Å²) in [4.78, 5) is 14.5. The molecule has 24 heavy (non-hydrogen) atoms. The van der Waals surface area contributed by atoms with Crippen molar-refractivity contribution in [2.75, 3.05) is 20.3 Å². The zero-order chi connectivity index (χ0) is 16.9. The number of rotatable bonds is 5. The van der Waals surface area contributed by atoms with E-state index in [-0.39, 0.29) is 18.6 Å². The molecule has 1 amide bonds. The van der Waals surface area contributed by atoms with Gasteiger partial charge in [0.25, 0.3) is 5.91 Å². The number of methoxy groups -OCH3 is 1. The summed E-state index contributed by atoms with van der Waals surface area (Å²) in [6.45, 7) is 0.834. The van der Waals surface area contributed by atoms with Crippen LogP contribution in [0.2, 0.25) is 0 Å². The van der Waals surface area contributed by atoms with Crippen LogP contribution in [0.25, 0.3) is 0 Å². The first-order chi connectivity index (χ1) is 11.7. The first kappa shape index (κ1) is 16.8. The number of benzene rings is 2. The number of likely N-dealkylation sites (tertiary alicyclic amines) is 1. The van der Waals surface area contributed by atoms with Crippen LogP contribution in [0, 0.1) is 0 Å². The fourth-order valence-electron chi connectivity index (χ4n) is 3.02. The standard InChI is InChI=1S/C19H20BrNO3/c1-23-16-9-7-14(8-10-16)18-6-3-11-21(18)19(22)13-24-17-5-2-4-15(20)12-17/h2,4-5,7-10,12,18H,3,6,11,13H2,1H3/t18-/m0/s1. The van der Waals surface area contributed by atoms with E-state index >= 15 is 0 Å². The minimum atomic E-state index is 0.0216. The summed E-state index contributed by atoms with van der Waals surface area (Å²) in [6, 6.07) is 15.6. The lowest BCUT2D eigenvalue weighted by atomic mass is 10.0. The van der Waals surface area contributed by atoms with Gasteiger partial charge in [0.1, 0.15) is 11.5 Å². The van der Waals surface area contributed by atoms with Crippen LogP contribution in [-0.2, 0) is 4.79 Å². The van der Waals surface area contributed by atoms with Gasteiger partial charge in [0, 0.05) is 11.0 Å². The fourth-order valence-corrected chi connectivity index (χ4v) is 3.40. The highest BCUT2D eigenvalue weighted by Crippen LogP contribution is 2.32. The molecule has 1 heterocycles. The first-order valence-electron chi connectivity index (χ1n) is 7.99. The minimum absolute atomic E-state index is 0.0216. The third kappa shape index (κ3) is 3.90. The Balaban J connectivity index is 1.64. The molecule has 4 nitrogen and oxygen atoms in total. The van der Waals surface area contributed by atoms with Crippen LogP contribution in [0.5, 0.6) is 11.5 Å². The van der Waals surface area contributed by atoms with E-state index in [4.69, 9.17) is 9.47 Å². The van der Waals surface area contributed by atoms with Gasteiger partial charge in [-0.25, -0.2) is 0 Å². The average molecular weight is 390 g/mol. The molecule has 5 heteroatoms.